The van der Waals surface area contributed by atoms with Crippen LogP contribution in [0.1, 0.15) is 27.6 Å². The number of anilines is 1. The molecule has 4 rings (SSSR count). The van der Waals surface area contributed by atoms with Gasteiger partial charge in [0, 0.05) is 30.8 Å². The van der Waals surface area contributed by atoms with Gasteiger partial charge in [0.25, 0.3) is 5.91 Å². The quantitative estimate of drug-likeness (QED) is 0.430. The highest BCUT2D eigenvalue weighted by molar-refractivity contribution is 6.29. The number of methoxy groups -OCH3 is 2. The molecule has 0 aliphatic carbocycles. The predicted molar refractivity (Wildman–Crippen MR) is 116 cm³/mol. The molecule has 1 aromatic heterocycles. The summed E-state index contributed by atoms with van der Waals surface area (Å²) >= 11 is 0. The Balaban J connectivity index is 1.67. The van der Waals surface area contributed by atoms with Crippen molar-refractivity contribution in [2.45, 2.75) is 12.3 Å². The largest absolute Gasteiger partial charge is 0.493 e. The van der Waals surface area contributed by atoms with Crippen LogP contribution in [0.4, 0.5) is 5.69 Å². The summed E-state index contributed by atoms with van der Waals surface area (Å²) in [7, 11) is 3.03. The van der Waals surface area contributed by atoms with Gasteiger partial charge in [0.15, 0.2) is 11.5 Å². The first-order chi connectivity index (χ1) is 15.1. The number of rotatable bonds is 7. The van der Waals surface area contributed by atoms with Crippen molar-refractivity contribution in [1.29, 1.82) is 0 Å². The third kappa shape index (κ3) is 3.94. The molecule has 0 saturated carbocycles. The summed E-state index contributed by atoms with van der Waals surface area (Å²) in [4.78, 5) is 32.2. The first-order valence-electron chi connectivity index (χ1n) is 9.85. The highest BCUT2D eigenvalue weighted by atomic mass is 16.5. The van der Waals surface area contributed by atoms with E-state index in [1.165, 1.54) is 19.1 Å². The van der Waals surface area contributed by atoms with Crippen LogP contribution in [0.3, 0.4) is 0 Å². The van der Waals surface area contributed by atoms with Crippen molar-refractivity contribution in [2.24, 2.45) is 4.99 Å². The number of fused-ring (bicyclic) bond motifs is 1. The monoisotopic (exact) mass is 418 g/mol. The van der Waals surface area contributed by atoms with Gasteiger partial charge in [0.1, 0.15) is 5.76 Å². The number of hydrogen-bond donors (Lipinski definition) is 0. The van der Waals surface area contributed by atoms with E-state index in [0.29, 0.717) is 41.3 Å². The van der Waals surface area contributed by atoms with Crippen molar-refractivity contribution in [3.8, 4) is 11.5 Å². The van der Waals surface area contributed by atoms with Crippen LogP contribution in [0.2, 0.25) is 0 Å². The molecular formula is C24H22N2O5. The lowest BCUT2D eigenvalue weighted by Crippen LogP contribution is -2.45. The van der Waals surface area contributed by atoms with Crippen LogP contribution in [0.5, 0.6) is 11.5 Å². The SMILES string of the molecule is COc1ccc(N2C(=O)c3ccccc3[C@@H](C=NCCc3ccco3)C2=O)cc1OC. The second-order valence-electron chi connectivity index (χ2n) is 6.97. The van der Waals surface area contributed by atoms with Crippen molar-refractivity contribution in [3.63, 3.8) is 0 Å². The molecule has 7 heteroatoms. The molecule has 3 aromatic rings. The Labute approximate surface area is 179 Å². The normalized spacial score (nSPS) is 15.9. The summed E-state index contributed by atoms with van der Waals surface area (Å²) in [6.07, 6.45) is 3.86. The molecule has 0 bridgehead atoms. The molecule has 2 heterocycles. The minimum absolute atomic E-state index is 0.363. The molecule has 0 unspecified atom stereocenters. The minimum Gasteiger partial charge on any atom is -0.493 e. The fraction of sp³-hybridized carbons (Fsp3) is 0.208. The summed E-state index contributed by atoms with van der Waals surface area (Å²) < 4.78 is 15.9. The number of carbonyl (C=O) groups excluding carboxylic acids is 2. The number of nitrogens with zero attached hydrogens (tertiary/aromatic N) is 2. The molecule has 7 nitrogen and oxygen atoms in total. The zero-order valence-corrected chi connectivity index (χ0v) is 17.3. The number of carbonyl (C=O) groups is 2. The van der Waals surface area contributed by atoms with Crippen LogP contribution < -0.4 is 14.4 Å². The van der Waals surface area contributed by atoms with Crippen LogP contribution in [0, 0.1) is 0 Å². The Morgan fingerprint density at radius 2 is 1.84 bits per heavy atom. The molecule has 0 N–H and O–H groups in total. The lowest BCUT2D eigenvalue weighted by atomic mass is 9.89. The van der Waals surface area contributed by atoms with Crippen molar-refractivity contribution in [1.82, 2.24) is 0 Å². The van der Waals surface area contributed by atoms with E-state index in [2.05, 4.69) is 4.99 Å². The van der Waals surface area contributed by atoms with Gasteiger partial charge < -0.3 is 13.9 Å². The minimum atomic E-state index is -0.668. The topological polar surface area (TPSA) is 81.3 Å². The molecule has 158 valence electrons. The fourth-order valence-corrected chi connectivity index (χ4v) is 3.62. The van der Waals surface area contributed by atoms with Crippen molar-refractivity contribution in [2.75, 3.05) is 25.7 Å². The molecule has 1 aliphatic rings. The first-order valence-corrected chi connectivity index (χ1v) is 9.85. The van der Waals surface area contributed by atoms with Gasteiger partial charge in [-0.2, -0.15) is 0 Å². The van der Waals surface area contributed by atoms with Gasteiger partial charge in [0.05, 0.1) is 32.1 Å². The second kappa shape index (κ2) is 8.87. The number of ether oxygens (including phenoxy) is 2. The molecule has 2 amide bonds. The average molecular weight is 418 g/mol. The molecule has 1 aliphatic heterocycles. The summed E-state index contributed by atoms with van der Waals surface area (Å²) in [5, 5.41) is 0. The highest BCUT2D eigenvalue weighted by Crippen LogP contribution is 2.36. The van der Waals surface area contributed by atoms with E-state index in [0.717, 1.165) is 5.76 Å². The first kappa shape index (κ1) is 20.4. The van der Waals surface area contributed by atoms with E-state index in [-0.39, 0.29) is 11.8 Å². The van der Waals surface area contributed by atoms with Crippen LogP contribution in [0.25, 0.3) is 0 Å². The van der Waals surface area contributed by atoms with Gasteiger partial charge in [-0.15, -0.1) is 0 Å². The maximum atomic E-state index is 13.4. The van der Waals surface area contributed by atoms with Crippen LogP contribution in [0.15, 0.2) is 70.3 Å². The lowest BCUT2D eigenvalue weighted by Gasteiger charge is -2.31. The fourth-order valence-electron chi connectivity index (χ4n) is 3.62. The molecule has 1 atom stereocenters. The van der Waals surface area contributed by atoms with Crippen molar-refractivity contribution in [3.05, 3.63) is 77.7 Å². The maximum absolute atomic E-state index is 13.4. The smallest absolute Gasteiger partial charge is 0.265 e. The molecule has 2 aromatic carbocycles. The molecule has 0 fully saturated rings. The zero-order valence-electron chi connectivity index (χ0n) is 17.3. The number of aliphatic imine (C=N–C) groups is 1. The van der Waals surface area contributed by atoms with Gasteiger partial charge in [-0.25, -0.2) is 4.90 Å². The van der Waals surface area contributed by atoms with E-state index in [1.54, 1.807) is 48.9 Å². The van der Waals surface area contributed by atoms with Gasteiger partial charge >= 0.3 is 0 Å². The Kier molecular flexibility index (Phi) is 5.84. The number of amides is 2. The van der Waals surface area contributed by atoms with E-state index in [9.17, 15) is 9.59 Å². The third-order valence-electron chi connectivity index (χ3n) is 5.16. The summed E-state index contributed by atoms with van der Waals surface area (Å²) in [6, 6.07) is 15.8. The zero-order chi connectivity index (χ0) is 21.8. The van der Waals surface area contributed by atoms with E-state index in [1.807, 2.05) is 18.2 Å². The summed E-state index contributed by atoms with van der Waals surface area (Å²) in [6.45, 7) is 0.476. The number of benzene rings is 2. The Bertz CT molecular complexity index is 1120. The van der Waals surface area contributed by atoms with E-state index >= 15 is 0 Å². The van der Waals surface area contributed by atoms with Gasteiger partial charge in [-0.05, 0) is 35.9 Å². The van der Waals surface area contributed by atoms with Gasteiger partial charge in [0.2, 0.25) is 5.91 Å². The van der Waals surface area contributed by atoms with Crippen LogP contribution in [-0.2, 0) is 11.2 Å². The number of imide groups is 1. The predicted octanol–water partition coefficient (Wildman–Crippen LogP) is 3.88. The Morgan fingerprint density at radius 3 is 2.58 bits per heavy atom. The second-order valence-corrected chi connectivity index (χ2v) is 6.97. The van der Waals surface area contributed by atoms with Crippen molar-refractivity contribution < 1.29 is 23.5 Å². The third-order valence-corrected chi connectivity index (χ3v) is 5.16. The van der Waals surface area contributed by atoms with Gasteiger partial charge in [-0.3, -0.25) is 14.6 Å². The molecule has 0 saturated heterocycles. The van der Waals surface area contributed by atoms with E-state index < -0.39 is 5.92 Å². The standard InChI is InChI=1S/C24H22N2O5/c1-29-21-10-9-16(14-22(21)30-2)26-23(27)19-8-4-3-7-18(19)20(24(26)28)15-25-12-11-17-6-5-13-31-17/h3-10,13-15,20H,11-12H2,1-2H3/t20-/m1/s1. The Hall–Kier alpha value is -3.87. The number of furan rings is 1. The molecule has 31 heavy (non-hydrogen) atoms. The average Bonchev–Trinajstić information content (AvgIpc) is 3.32. The lowest BCUT2D eigenvalue weighted by molar-refractivity contribution is -0.118. The van der Waals surface area contributed by atoms with Crippen LogP contribution >= 0.6 is 0 Å². The summed E-state index contributed by atoms with van der Waals surface area (Å²) in [5.74, 6) is 0.363. The van der Waals surface area contributed by atoms with Gasteiger partial charge in [-0.1, -0.05) is 18.2 Å². The highest BCUT2D eigenvalue weighted by Gasteiger charge is 2.39. The Morgan fingerprint density at radius 1 is 1.03 bits per heavy atom. The van der Waals surface area contributed by atoms with Crippen molar-refractivity contribution >= 4 is 23.7 Å². The molecule has 0 radical (unpaired) electrons. The van der Waals surface area contributed by atoms with Crippen LogP contribution in [-0.4, -0.2) is 38.8 Å². The molecule has 0 spiro atoms. The van der Waals surface area contributed by atoms with E-state index in [4.69, 9.17) is 13.9 Å². The molecular weight excluding hydrogens is 396 g/mol. The maximum Gasteiger partial charge on any atom is 0.265 e. The number of hydrogen-bond acceptors (Lipinski definition) is 6. The summed E-state index contributed by atoms with van der Waals surface area (Å²) in [5.41, 5.74) is 1.53.